The summed E-state index contributed by atoms with van der Waals surface area (Å²) in [4.78, 5) is 0. The van der Waals surface area contributed by atoms with Gasteiger partial charge in [-0.1, -0.05) is 0 Å². The van der Waals surface area contributed by atoms with E-state index in [1.807, 2.05) is 0 Å². The van der Waals surface area contributed by atoms with Gasteiger partial charge in [-0.3, -0.25) is 0 Å². The van der Waals surface area contributed by atoms with Crippen molar-refractivity contribution in [3.8, 4) is 12.1 Å². The fraction of sp³-hybridized carbons (Fsp3) is 0.600. The summed E-state index contributed by atoms with van der Waals surface area (Å²) in [6.45, 7) is 0.535. The van der Waals surface area contributed by atoms with E-state index in [2.05, 4.69) is 0 Å². The molecule has 0 amide bonds. The Morgan fingerprint density at radius 2 is 1.40 bits per heavy atom. The standard InChI is InChI=1S/C5H3F3N2/c1-4(2-9,3-10)5(6,7)8/h1H3. The quantitative estimate of drug-likeness (QED) is 0.523. The number of alkyl halides is 3. The molecule has 0 aromatic rings. The smallest absolute Gasteiger partial charge is 0.196 e. The zero-order valence-corrected chi connectivity index (χ0v) is 5.03. The highest BCUT2D eigenvalue weighted by Gasteiger charge is 2.52. The third-order valence-corrected chi connectivity index (χ3v) is 1.01. The molecule has 0 rings (SSSR count). The van der Waals surface area contributed by atoms with Crippen LogP contribution in [0.4, 0.5) is 13.2 Å². The van der Waals surface area contributed by atoms with Crippen molar-refractivity contribution in [1.82, 2.24) is 0 Å². The van der Waals surface area contributed by atoms with E-state index >= 15 is 0 Å². The summed E-state index contributed by atoms with van der Waals surface area (Å²) in [5.41, 5.74) is -2.87. The average molecular weight is 148 g/mol. The third kappa shape index (κ3) is 1.19. The number of nitrogens with zero attached hydrogens (tertiary/aromatic N) is 2. The molecule has 0 saturated carbocycles. The largest absolute Gasteiger partial charge is 0.420 e. The zero-order valence-electron chi connectivity index (χ0n) is 5.03. The molecule has 0 bridgehead atoms. The lowest BCUT2D eigenvalue weighted by molar-refractivity contribution is -0.178. The van der Waals surface area contributed by atoms with E-state index in [1.54, 1.807) is 0 Å². The van der Waals surface area contributed by atoms with E-state index in [4.69, 9.17) is 10.5 Å². The topological polar surface area (TPSA) is 47.6 Å². The highest BCUT2D eigenvalue weighted by molar-refractivity contribution is 5.15. The van der Waals surface area contributed by atoms with E-state index in [0.29, 0.717) is 6.92 Å². The van der Waals surface area contributed by atoms with Crippen LogP contribution >= 0.6 is 0 Å². The van der Waals surface area contributed by atoms with Crippen LogP contribution in [0.25, 0.3) is 0 Å². The van der Waals surface area contributed by atoms with Gasteiger partial charge in [0, 0.05) is 0 Å². The lowest BCUT2D eigenvalue weighted by atomic mass is 9.95. The van der Waals surface area contributed by atoms with Crippen molar-refractivity contribution in [2.75, 3.05) is 0 Å². The maximum atomic E-state index is 11.7. The monoisotopic (exact) mass is 148 g/mol. The number of rotatable bonds is 0. The second kappa shape index (κ2) is 2.18. The minimum atomic E-state index is -4.77. The maximum absolute atomic E-state index is 11.7. The van der Waals surface area contributed by atoms with Gasteiger partial charge in [0.25, 0.3) is 0 Å². The van der Waals surface area contributed by atoms with Gasteiger partial charge in [0.1, 0.15) is 0 Å². The first-order valence-electron chi connectivity index (χ1n) is 2.26. The summed E-state index contributed by atoms with van der Waals surface area (Å²) in [7, 11) is 0. The van der Waals surface area contributed by atoms with Crippen LogP contribution in [0, 0.1) is 28.1 Å². The van der Waals surface area contributed by atoms with E-state index in [0.717, 1.165) is 12.1 Å². The highest BCUT2D eigenvalue weighted by atomic mass is 19.4. The summed E-state index contributed by atoms with van der Waals surface area (Å²) in [6, 6.07) is 1.76. The molecule has 0 aromatic heterocycles. The molecule has 0 aliphatic rings. The first-order chi connectivity index (χ1) is 4.37. The average Bonchev–Trinajstić information content (AvgIpc) is 1.84. The molecule has 5 heteroatoms. The van der Waals surface area contributed by atoms with Crippen molar-refractivity contribution in [3.05, 3.63) is 0 Å². The molecule has 0 aliphatic carbocycles. The number of hydrogen-bond donors (Lipinski definition) is 0. The Bertz CT molecular complexity index is 190. The van der Waals surface area contributed by atoms with Crippen LogP contribution < -0.4 is 0 Å². The van der Waals surface area contributed by atoms with E-state index in [-0.39, 0.29) is 0 Å². The molecule has 0 saturated heterocycles. The summed E-state index contributed by atoms with van der Waals surface area (Å²) >= 11 is 0. The first-order valence-corrected chi connectivity index (χ1v) is 2.26. The van der Waals surface area contributed by atoms with Gasteiger partial charge >= 0.3 is 6.18 Å². The molecule has 0 unspecified atom stereocenters. The number of hydrogen-bond acceptors (Lipinski definition) is 2. The molecule has 0 atom stereocenters. The first kappa shape index (κ1) is 8.77. The number of halogens is 3. The number of nitriles is 2. The summed E-state index contributed by atoms with van der Waals surface area (Å²) in [6.07, 6.45) is -4.77. The Morgan fingerprint density at radius 3 is 1.40 bits per heavy atom. The highest BCUT2D eigenvalue weighted by Crippen LogP contribution is 2.36. The fourth-order valence-corrected chi connectivity index (χ4v) is 0.152. The lowest BCUT2D eigenvalue weighted by Gasteiger charge is -2.15. The molecule has 2 nitrogen and oxygen atoms in total. The SMILES string of the molecule is CC(C#N)(C#N)C(F)(F)F. The summed E-state index contributed by atoms with van der Waals surface area (Å²) in [5.74, 6) is 0. The maximum Gasteiger partial charge on any atom is 0.420 e. The van der Waals surface area contributed by atoms with Gasteiger partial charge in [0.2, 0.25) is 5.41 Å². The van der Waals surface area contributed by atoms with Gasteiger partial charge < -0.3 is 0 Å². The van der Waals surface area contributed by atoms with Crippen molar-refractivity contribution in [1.29, 1.82) is 10.5 Å². The molecule has 54 valence electrons. The molecule has 0 spiro atoms. The van der Waals surface area contributed by atoms with Crippen LogP contribution in [0.2, 0.25) is 0 Å². The van der Waals surface area contributed by atoms with Crippen LogP contribution in [-0.4, -0.2) is 6.18 Å². The molecule has 0 aliphatic heterocycles. The van der Waals surface area contributed by atoms with E-state index in [1.165, 1.54) is 0 Å². The fourth-order valence-electron chi connectivity index (χ4n) is 0.152. The van der Waals surface area contributed by atoms with Gasteiger partial charge in [-0.05, 0) is 6.92 Å². The minimum absolute atomic E-state index is 0.535. The van der Waals surface area contributed by atoms with Crippen LogP contribution in [0.1, 0.15) is 6.92 Å². The molecular formula is C5H3F3N2. The minimum Gasteiger partial charge on any atom is -0.196 e. The Kier molecular flexibility index (Phi) is 1.92. The van der Waals surface area contributed by atoms with Gasteiger partial charge in [-0.25, -0.2) is 0 Å². The molecule has 0 N–H and O–H groups in total. The van der Waals surface area contributed by atoms with Crippen LogP contribution in [-0.2, 0) is 0 Å². The van der Waals surface area contributed by atoms with Crippen molar-refractivity contribution in [2.24, 2.45) is 5.41 Å². The van der Waals surface area contributed by atoms with Gasteiger partial charge in [-0.2, -0.15) is 23.7 Å². The van der Waals surface area contributed by atoms with Crippen molar-refractivity contribution in [3.63, 3.8) is 0 Å². The van der Waals surface area contributed by atoms with Gasteiger partial charge in [0.05, 0.1) is 12.1 Å². The second-order valence-electron chi connectivity index (χ2n) is 1.85. The van der Waals surface area contributed by atoms with Crippen molar-refractivity contribution >= 4 is 0 Å². The predicted molar refractivity (Wildman–Crippen MR) is 25.4 cm³/mol. The second-order valence-corrected chi connectivity index (χ2v) is 1.85. The summed E-state index contributed by atoms with van der Waals surface area (Å²) in [5, 5.41) is 15.9. The van der Waals surface area contributed by atoms with Crippen LogP contribution in [0.3, 0.4) is 0 Å². The van der Waals surface area contributed by atoms with Crippen LogP contribution in [0.5, 0.6) is 0 Å². The molecular weight excluding hydrogens is 145 g/mol. The predicted octanol–water partition coefficient (Wildman–Crippen LogP) is 1.60. The summed E-state index contributed by atoms with van der Waals surface area (Å²) < 4.78 is 35.0. The zero-order chi connectivity index (χ0) is 8.41. The third-order valence-electron chi connectivity index (χ3n) is 1.01. The Hall–Kier alpha value is -1.23. The Morgan fingerprint density at radius 1 is 1.10 bits per heavy atom. The molecule has 0 aromatic carbocycles. The van der Waals surface area contributed by atoms with E-state index < -0.39 is 11.6 Å². The lowest BCUT2D eigenvalue weighted by Crippen LogP contribution is -2.31. The van der Waals surface area contributed by atoms with E-state index in [9.17, 15) is 13.2 Å². The Labute approximate surface area is 55.5 Å². The normalized spacial score (nSPS) is 11.8. The van der Waals surface area contributed by atoms with Crippen molar-refractivity contribution < 1.29 is 13.2 Å². The molecule has 0 heterocycles. The molecule has 10 heavy (non-hydrogen) atoms. The van der Waals surface area contributed by atoms with Crippen molar-refractivity contribution in [2.45, 2.75) is 13.1 Å². The Balaban J connectivity index is 4.77. The van der Waals surface area contributed by atoms with Gasteiger partial charge in [0.15, 0.2) is 0 Å². The molecule has 0 fully saturated rings. The van der Waals surface area contributed by atoms with Crippen LogP contribution in [0.15, 0.2) is 0 Å². The van der Waals surface area contributed by atoms with Gasteiger partial charge in [-0.15, -0.1) is 0 Å². The molecule has 0 radical (unpaired) electrons.